The van der Waals surface area contributed by atoms with E-state index in [0.29, 0.717) is 12.3 Å². The van der Waals surface area contributed by atoms with Crippen LogP contribution in [0.25, 0.3) is 6.08 Å². The van der Waals surface area contributed by atoms with Gasteiger partial charge >= 0.3 is 0 Å². The summed E-state index contributed by atoms with van der Waals surface area (Å²) in [5, 5.41) is 11.6. The van der Waals surface area contributed by atoms with Crippen LogP contribution in [0.2, 0.25) is 0 Å². The highest BCUT2D eigenvalue weighted by molar-refractivity contribution is 6.01. The van der Waals surface area contributed by atoms with E-state index in [1.54, 1.807) is 12.1 Å². The van der Waals surface area contributed by atoms with Crippen molar-refractivity contribution in [3.63, 3.8) is 0 Å². The summed E-state index contributed by atoms with van der Waals surface area (Å²) >= 11 is 0. The van der Waals surface area contributed by atoms with Gasteiger partial charge in [-0.25, -0.2) is 0 Å². The predicted octanol–water partition coefficient (Wildman–Crippen LogP) is 1.48. The van der Waals surface area contributed by atoms with Gasteiger partial charge in [-0.1, -0.05) is 0 Å². The lowest BCUT2D eigenvalue weighted by atomic mass is 10.2. The molecule has 1 atom stereocenters. The van der Waals surface area contributed by atoms with Crippen molar-refractivity contribution in [2.45, 2.75) is 18.9 Å². The quantitative estimate of drug-likeness (QED) is 0.645. The number of nitrogens with one attached hydrogen (secondary N) is 1. The summed E-state index contributed by atoms with van der Waals surface area (Å²) in [7, 11) is 0. The fourth-order valence-corrected chi connectivity index (χ4v) is 1.77. The lowest BCUT2D eigenvalue weighted by Gasteiger charge is -2.09. The first-order valence-corrected chi connectivity index (χ1v) is 5.84. The number of furan rings is 1. The molecule has 94 valence electrons. The molecule has 0 bridgehead atoms. The molecule has 2 heterocycles. The van der Waals surface area contributed by atoms with Crippen LogP contribution in [0, 0.1) is 11.3 Å². The Kier molecular flexibility index (Phi) is 4.15. The van der Waals surface area contributed by atoms with Gasteiger partial charge in [0, 0.05) is 19.2 Å². The van der Waals surface area contributed by atoms with Crippen LogP contribution in [0.3, 0.4) is 0 Å². The number of hydrogen-bond acceptors (Lipinski definition) is 4. The van der Waals surface area contributed by atoms with Gasteiger partial charge in [-0.2, -0.15) is 5.26 Å². The Bertz CT molecular complexity index is 465. The largest absolute Gasteiger partial charge is 0.465 e. The van der Waals surface area contributed by atoms with E-state index in [1.807, 2.05) is 6.07 Å². The molecule has 1 aliphatic rings. The van der Waals surface area contributed by atoms with Crippen molar-refractivity contribution in [1.82, 2.24) is 5.32 Å². The van der Waals surface area contributed by atoms with Crippen molar-refractivity contribution in [3.05, 3.63) is 29.7 Å². The zero-order chi connectivity index (χ0) is 12.8. The molecule has 0 spiro atoms. The second-order valence-corrected chi connectivity index (χ2v) is 4.03. The van der Waals surface area contributed by atoms with Crippen molar-refractivity contribution >= 4 is 12.0 Å². The average Bonchev–Trinajstić information content (AvgIpc) is 3.06. The summed E-state index contributed by atoms with van der Waals surface area (Å²) in [6.07, 6.45) is 4.95. The van der Waals surface area contributed by atoms with Gasteiger partial charge in [0.05, 0.1) is 12.4 Å². The maximum atomic E-state index is 11.8. The Morgan fingerprint density at radius 2 is 2.56 bits per heavy atom. The summed E-state index contributed by atoms with van der Waals surface area (Å²) in [5.41, 5.74) is 0.0305. The number of carbonyl (C=O) groups excluding carboxylic acids is 1. The van der Waals surface area contributed by atoms with Crippen LogP contribution < -0.4 is 5.32 Å². The lowest BCUT2D eigenvalue weighted by Crippen LogP contribution is -2.32. The van der Waals surface area contributed by atoms with Gasteiger partial charge in [0.15, 0.2) is 0 Å². The van der Waals surface area contributed by atoms with Crippen LogP contribution >= 0.6 is 0 Å². The molecule has 18 heavy (non-hydrogen) atoms. The van der Waals surface area contributed by atoms with Crippen LogP contribution in [0.1, 0.15) is 18.6 Å². The van der Waals surface area contributed by atoms with Crippen molar-refractivity contribution in [1.29, 1.82) is 5.26 Å². The van der Waals surface area contributed by atoms with Crippen LogP contribution in [0.5, 0.6) is 0 Å². The van der Waals surface area contributed by atoms with E-state index in [9.17, 15) is 4.79 Å². The van der Waals surface area contributed by atoms with E-state index in [4.69, 9.17) is 14.4 Å². The van der Waals surface area contributed by atoms with Gasteiger partial charge in [-0.05, 0) is 25.0 Å². The fourth-order valence-electron chi connectivity index (χ4n) is 1.77. The van der Waals surface area contributed by atoms with E-state index >= 15 is 0 Å². The average molecular weight is 246 g/mol. The molecule has 1 amide bonds. The second-order valence-electron chi connectivity index (χ2n) is 4.03. The van der Waals surface area contributed by atoms with Crippen molar-refractivity contribution in [3.8, 4) is 6.07 Å². The number of hydrogen-bond donors (Lipinski definition) is 1. The summed E-state index contributed by atoms with van der Waals surface area (Å²) < 4.78 is 10.4. The Morgan fingerprint density at radius 3 is 3.17 bits per heavy atom. The number of nitriles is 1. The minimum Gasteiger partial charge on any atom is -0.465 e. The van der Waals surface area contributed by atoms with Crippen molar-refractivity contribution in [2.24, 2.45) is 0 Å². The summed E-state index contributed by atoms with van der Waals surface area (Å²) in [6, 6.07) is 5.25. The maximum Gasteiger partial charge on any atom is 0.262 e. The van der Waals surface area contributed by atoms with Gasteiger partial charge in [0.2, 0.25) is 0 Å². The van der Waals surface area contributed by atoms with E-state index < -0.39 is 5.91 Å². The number of ether oxygens (including phenoxy) is 1. The smallest absolute Gasteiger partial charge is 0.262 e. The first-order valence-electron chi connectivity index (χ1n) is 5.84. The molecular formula is C13H14N2O3. The standard InChI is InChI=1S/C13H14N2O3/c14-8-10(7-11-3-1-5-17-11)13(16)15-9-12-4-2-6-18-12/h1,3,5,7,12H,2,4,6,9H2,(H,15,16)/b10-7-/t12-/m1/s1. The number of nitrogens with zero attached hydrogens (tertiary/aromatic N) is 1. The van der Waals surface area contributed by atoms with Crippen LogP contribution in [-0.2, 0) is 9.53 Å². The Hall–Kier alpha value is -2.06. The lowest BCUT2D eigenvalue weighted by molar-refractivity contribution is -0.117. The van der Waals surface area contributed by atoms with E-state index in [1.165, 1.54) is 12.3 Å². The predicted molar refractivity (Wildman–Crippen MR) is 64.3 cm³/mol. The molecule has 5 heteroatoms. The maximum absolute atomic E-state index is 11.8. The number of rotatable bonds is 4. The Labute approximate surface area is 105 Å². The summed E-state index contributed by atoms with van der Waals surface area (Å²) in [5.74, 6) is 0.0863. The van der Waals surface area contributed by atoms with Crippen molar-refractivity contribution in [2.75, 3.05) is 13.2 Å². The molecule has 1 saturated heterocycles. The zero-order valence-electron chi connectivity index (χ0n) is 9.89. The van der Waals surface area contributed by atoms with Gasteiger partial charge in [0.1, 0.15) is 17.4 Å². The van der Waals surface area contributed by atoms with Crippen LogP contribution in [0.4, 0.5) is 0 Å². The van der Waals surface area contributed by atoms with Gasteiger partial charge in [-0.3, -0.25) is 4.79 Å². The fraction of sp³-hybridized carbons (Fsp3) is 0.385. The monoisotopic (exact) mass is 246 g/mol. The van der Waals surface area contributed by atoms with E-state index in [2.05, 4.69) is 5.32 Å². The molecule has 2 rings (SSSR count). The molecule has 0 unspecified atom stereocenters. The first-order chi connectivity index (χ1) is 8.79. The molecule has 0 aliphatic carbocycles. The molecule has 1 aromatic rings. The van der Waals surface area contributed by atoms with E-state index in [0.717, 1.165) is 19.4 Å². The molecule has 0 saturated carbocycles. The third-order valence-electron chi connectivity index (χ3n) is 2.71. The first kappa shape index (κ1) is 12.4. The highest BCUT2D eigenvalue weighted by atomic mass is 16.5. The van der Waals surface area contributed by atoms with Crippen molar-refractivity contribution < 1.29 is 13.9 Å². The number of carbonyl (C=O) groups is 1. The van der Waals surface area contributed by atoms with Gasteiger partial charge in [-0.15, -0.1) is 0 Å². The van der Waals surface area contributed by atoms with Crippen LogP contribution in [0.15, 0.2) is 28.4 Å². The third-order valence-corrected chi connectivity index (χ3v) is 2.71. The Balaban J connectivity index is 1.91. The molecule has 1 N–H and O–H groups in total. The summed E-state index contributed by atoms with van der Waals surface area (Å²) in [4.78, 5) is 11.8. The molecule has 5 nitrogen and oxygen atoms in total. The topological polar surface area (TPSA) is 75.3 Å². The van der Waals surface area contributed by atoms with Crippen LogP contribution in [-0.4, -0.2) is 25.2 Å². The molecular weight excluding hydrogens is 232 g/mol. The Morgan fingerprint density at radius 1 is 1.67 bits per heavy atom. The minimum absolute atomic E-state index is 0.0305. The molecule has 1 aromatic heterocycles. The van der Waals surface area contributed by atoms with Gasteiger partial charge < -0.3 is 14.5 Å². The van der Waals surface area contributed by atoms with Gasteiger partial charge in [0.25, 0.3) is 5.91 Å². The molecule has 1 aliphatic heterocycles. The minimum atomic E-state index is -0.399. The summed E-state index contributed by atoms with van der Waals surface area (Å²) in [6.45, 7) is 1.18. The SMILES string of the molecule is N#C/C(=C/c1ccco1)C(=O)NC[C@H]1CCCO1. The highest BCUT2D eigenvalue weighted by Crippen LogP contribution is 2.11. The normalized spacial score (nSPS) is 19.5. The highest BCUT2D eigenvalue weighted by Gasteiger charge is 2.17. The van der Waals surface area contributed by atoms with E-state index in [-0.39, 0.29) is 11.7 Å². The molecule has 1 fully saturated rings. The molecule has 0 aromatic carbocycles. The second kappa shape index (κ2) is 6.03. The third kappa shape index (κ3) is 3.22. The zero-order valence-corrected chi connectivity index (χ0v) is 9.89. The number of amides is 1. The molecule has 0 radical (unpaired) electrons.